The maximum atomic E-state index is 12.6. The van der Waals surface area contributed by atoms with Crippen molar-refractivity contribution in [2.24, 2.45) is 0 Å². The molecule has 3 aromatic rings. The molecule has 0 saturated carbocycles. The van der Waals surface area contributed by atoms with E-state index >= 15 is 0 Å². The summed E-state index contributed by atoms with van der Waals surface area (Å²) in [6.45, 7) is 6.20. The number of rotatable bonds is 6. The van der Waals surface area contributed by atoms with Crippen LogP contribution in [0.4, 0.5) is 5.82 Å². The molecule has 7 heteroatoms. The van der Waals surface area contributed by atoms with Gasteiger partial charge in [-0.25, -0.2) is 4.98 Å². The van der Waals surface area contributed by atoms with Gasteiger partial charge in [-0.15, -0.1) is 0 Å². The minimum absolute atomic E-state index is 0.0403. The Morgan fingerprint density at radius 3 is 2.52 bits per heavy atom. The quantitative estimate of drug-likeness (QED) is 0.702. The third-order valence-corrected chi connectivity index (χ3v) is 3.82. The first kappa shape index (κ1) is 18.4. The van der Waals surface area contributed by atoms with Gasteiger partial charge in [0.15, 0.2) is 11.5 Å². The van der Waals surface area contributed by atoms with Crippen LogP contribution in [-0.4, -0.2) is 33.8 Å². The Morgan fingerprint density at radius 2 is 1.85 bits per heavy atom. The fraction of sp³-hybridized carbons (Fsp3) is 0.250. The number of carbonyl (C=O) groups excluding carboxylic acids is 2. The van der Waals surface area contributed by atoms with Gasteiger partial charge in [-0.2, -0.15) is 0 Å². The Labute approximate surface area is 157 Å². The molecule has 2 aromatic heterocycles. The van der Waals surface area contributed by atoms with E-state index in [9.17, 15) is 9.59 Å². The van der Waals surface area contributed by atoms with E-state index in [2.05, 4.69) is 15.6 Å². The van der Waals surface area contributed by atoms with Crippen molar-refractivity contribution in [3.8, 4) is 5.75 Å². The van der Waals surface area contributed by atoms with Crippen molar-refractivity contribution in [3.05, 3.63) is 59.9 Å². The number of nitrogens with zero attached hydrogens (tertiary/aromatic N) is 2. The lowest BCUT2D eigenvalue weighted by molar-refractivity contribution is 0.0938. The molecule has 0 unspecified atom stereocenters. The molecule has 0 aliphatic heterocycles. The lowest BCUT2D eigenvalue weighted by Crippen LogP contribution is -2.32. The van der Waals surface area contributed by atoms with Crippen LogP contribution in [0.1, 0.15) is 41.6 Å². The van der Waals surface area contributed by atoms with Gasteiger partial charge in [-0.05, 0) is 57.2 Å². The molecule has 0 saturated heterocycles. The molecule has 3 rings (SSSR count). The Balaban J connectivity index is 1.91. The van der Waals surface area contributed by atoms with Crippen LogP contribution >= 0.6 is 0 Å². The number of fused-ring (bicyclic) bond motifs is 1. The molecule has 0 fully saturated rings. The molecule has 2 heterocycles. The molecule has 0 atom stereocenters. The Bertz CT molecular complexity index is 961. The van der Waals surface area contributed by atoms with Crippen LogP contribution in [0.2, 0.25) is 0 Å². The zero-order valence-corrected chi connectivity index (χ0v) is 15.5. The van der Waals surface area contributed by atoms with E-state index in [1.54, 1.807) is 47.0 Å². The first-order chi connectivity index (χ1) is 13.0. The minimum atomic E-state index is -0.347. The highest BCUT2D eigenvalue weighted by atomic mass is 16.5. The number of carbonyl (C=O) groups is 2. The second kappa shape index (κ2) is 7.90. The van der Waals surface area contributed by atoms with E-state index in [1.807, 2.05) is 26.8 Å². The summed E-state index contributed by atoms with van der Waals surface area (Å²) < 4.78 is 7.04. The van der Waals surface area contributed by atoms with Crippen molar-refractivity contribution >= 4 is 23.3 Å². The number of nitrogens with one attached hydrogen (secondary N) is 2. The number of amides is 2. The molecule has 1 aromatic carbocycles. The predicted octanol–water partition coefficient (Wildman–Crippen LogP) is 3.12. The average Bonchev–Trinajstić information content (AvgIpc) is 2.99. The fourth-order valence-electron chi connectivity index (χ4n) is 2.68. The van der Waals surface area contributed by atoms with Gasteiger partial charge in [0.25, 0.3) is 11.8 Å². The van der Waals surface area contributed by atoms with Gasteiger partial charge >= 0.3 is 0 Å². The minimum Gasteiger partial charge on any atom is -0.494 e. The average molecular weight is 366 g/mol. The lowest BCUT2D eigenvalue weighted by Gasteiger charge is -2.10. The maximum absolute atomic E-state index is 12.6. The van der Waals surface area contributed by atoms with Gasteiger partial charge in [0.05, 0.1) is 6.61 Å². The first-order valence-corrected chi connectivity index (χ1v) is 8.81. The standard InChI is InChI=1S/C20H22N4O3/c1-4-27-15-10-8-14(9-11-15)19(25)23-18-17(20(26)21-13(2)3)24-12-6-5-7-16(24)22-18/h5-13H,4H2,1-3H3,(H,21,26)(H,23,25). The Morgan fingerprint density at radius 1 is 1.11 bits per heavy atom. The molecule has 140 valence electrons. The van der Waals surface area contributed by atoms with Gasteiger partial charge in [0, 0.05) is 17.8 Å². The third-order valence-electron chi connectivity index (χ3n) is 3.82. The van der Waals surface area contributed by atoms with E-state index in [4.69, 9.17) is 4.74 Å². The van der Waals surface area contributed by atoms with E-state index in [0.717, 1.165) is 0 Å². The summed E-state index contributed by atoms with van der Waals surface area (Å²) in [4.78, 5) is 29.7. The van der Waals surface area contributed by atoms with Crippen LogP contribution in [0.3, 0.4) is 0 Å². The summed E-state index contributed by atoms with van der Waals surface area (Å²) in [5, 5.41) is 5.59. The Kier molecular flexibility index (Phi) is 5.40. The normalized spacial score (nSPS) is 10.8. The van der Waals surface area contributed by atoms with Gasteiger partial charge in [-0.1, -0.05) is 6.07 Å². The molecule has 2 N–H and O–H groups in total. The highest BCUT2D eigenvalue weighted by Gasteiger charge is 2.21. The topological polar surface area (TPSA) is 84.7 Å². The van der Waals surface area contributed by atoms with Crippen LogP contribution in [0, 0.1) is 0 Å². The molecule has 0 aliphatic carbocycles. The molecule has 0 bridgehead atoms. The highest BCUT2D eigenvalue weighted by molar-refractivity contribution is 6.08. The highest BCUT2D eigenvalue weighted by Crippen LogP contribution is 2.20. The summed E-state index contributed by atoms with van der Waals surface area (Å²) in [5.74, 6) is 0.266. The molecule has 7 nitrogen and oxygen atoms in total. The van der Waals surface area contributed by atoms with Crippen molar-refractivity contribution in [3.63, 3.8) is 0 Å². The predicted molar refractivity (Wildman–Crippen MR) is 103 cm³/mol. The van der Waals surface area contributed by atoms with Crippen LogP contribution in [-0.2, 0) is 0 Å². The Hall–Kier alpha value is -3.35. The largest absolute Gasteiger partial charge is 0.494 e. The number of pyridine rings is 1. The number of aromatic nitrogens is 2. The van der Waals surface area contributed by atoms with Crippen molar-refractivity contribution < 1.29 is 14.3 Å². The van der Waals surface area contributed by atoms with Crippen molar-refractivity contribution in [1.82, 2.24) is 14.7 Å². The number of anilines is 1. The summed E-state index contributed by atoms with van der Waals surface area (Å²) in [6, 6.07) is 12.2. The summed E-state index contributed by atoms with van der Waals surface area (Å²) in [5.41, 5.74) is 1.32. The summed E-state index contributed by atoms with van der Waals surface area (Å²) in [7, 11) is 0. The molecular weight excluding hydrogens is 344 g/mol. The number of hydrogen-bond donors (Lipinski definition) is 2. The van der Waals surface area contributed by atoms with Crippen molar-refractivity contribution in [2.45, 2.75) is 26.8 Å². The third kappa shape index (κ3) is 4.08. The van der Waals surface area contributed by atoms with Gasteiger partial charge in [-0.3, -0.25) is 14.0 Å². The van der Waals surface area contributed by atoms with Gasteiger partial charge < -0.3 is 15.4 Å². The summed E-state index contributed by atoms with van der Waals surface area (Å²) in [6.07, 6.45) is 1.74. The van der Waals surface area contributed by atoms with E-state index < -0.39 is 0 Å². The SMILES string of the molecule is CCOc1ccc(C(=O)Nc2nc3ccccn3c2C(=O)NC(C)C)cc1. The fourth-order valence-corrected chi connectivity index (χ4v) is 2.68. The smallest absolute Gasteiger partial charge is 0.272 e. The zero-order valence-electron chi connectivity index (χ0n) is 15.5. The van der Waals surface area contributed by atoms with Gasteiger partial charge in [0.2, 0.25) is 0 Å². The van der Waals surface area contributed by atoms with E-state index in [1.165, 1.54) is 0 Å². The van der Waals surface area contributed by atoms with Crippen LogP contribution < -0.4 is 15.4 Å². The molecular formula is C20H22N4O3. The van der Waals surface area contributed by atoms with Crippen LogP contribution in [0.15, 0.2) is 48.7 Å². The molecule has 0 aliphatic rings. The molecule has 0 spiro atoms. The monoisotopic (exact) mass is 366 g/mol. The number of hydrogen-bond acceptors (Lipinski definition) is 4. The molecule has 27 heavy (non-hydrogen) atoms. The maximum Gasteiger partial charge on any atom is 0.272 e. The molecule has 0 radical (unpaired) electrons. The number of imidazole rings is 1. The number of ether oxygens (including phenoxy) is 1. The molecule has 2 amide bonds. The first-order valence-electron chi connectivity index (χ1n) is 8.81. The van der Waals surface area contributed by atoms with Crippen LogP contribution in [0.5, 0.6) is 5.75 Å². The summed E-state index contributed by atoms with van der Waals surface area (Å²) >= 11 is 0. The second-order valence-electron chi connectivity index (χ2n) is 6.28. The van der Waals surface area contributed by atoms with Crippen LogP contribution in [0.25, 0.3) is 5.65 Å². The van der Waals surface area contributed by atoms with E-state index in [-0.39, 0.29) is 23.7 Å². The van der Waals surface area contributed by atoms with Gasteiger partial charge in [0.1, 0.15) is 11.4 Å². The van der Waals surface area contributed by atoms with Crippen molar-refractivity contribution in [1.29, 1.82) is 0 Å². The van der Waals surface area contributed by atoms with E-state index in [0.29, 0.717) is 29.3 Å². The zero-order chi connectivity index (χ0) is 19.4. The van der Waals surface area contributed by atoms with Crippen molar-refractivity contribution in [2.75, 3.05) is 11.9 Å². The lowest BCUT2D eigenvalue weighted by atomic mass is 10.2. The number of benzene rings is 1. The second-order valence-corrected chi connectivity index (χ2v) is 6.28.